The molecule has 2 fully saturated rings. The number of primary amides is 1. The number of benzene rings is 1. The number of carbonyl (C=O) groups is 3. The van der Waals surface area contributed by atoms with Crippen LogP contribution in [0.5, 0.6) is 0 Å². The number of nitrogens with two attached hydrogens (primary N) is 1. The number of hydrogen-bond donors (Lipinski definition) is 2. The largest absolute Gasteiger partial charge is 0.445 e. The Labute approximate surface area is 242 Å². The molecule has 0 bridgehead atoms. The van der Waals surface area contributed by atoms with Gasteiger partial charge in [0.1, 0.15) is 17.7 Å². The molecule has 6 rings (SSSR count). The molecule has 1 aromatic carbocycles. The Morgan fingerprint density at radius 2 is 1.95 bits per heavy atom. The van der Waals surface area contributed by atoms with Gasteiger partial charge in [-0.15, -0.1) is 11.3 Å². The smallest absolute Gasteiger partial charge is 0.410 e. The molecule has 3 N–H and O–H groups in total. The van der Waals surface area contributed by atoms with E-state index in [0.29, 0.717) is 36.4 Å². The number of hydrogen-bond acceptors (Lipinski definition) is 7. The third-order valence-corrected chi connectivity index (χ3v) is 9.36. The molecule has 1 aliphatic carbocycles. The first-order valence-corrected chi connectivity index (χ1v) is 15.2. The molecule has 2 unspecified atom stereocenters. The maximum absolute atomic E-state index is 13.5. The van der Waals surface area contributed by atoms with E-state index in [2.05, 4.69) is 5.32 Å². The molecular formula is C30H35N5O5S. The van der Waals surface area contributed by atoms with Crippen molar-refractivity contribution >= 4 is 34.9 Å². The number of aromatic nitrogens is 2. The lowest BCUT2D eigenvalue weighted by atomic mass is 9.97. The summed E-state index contributed by atoms with van der Waals surface area (Å²) < 4.78 is 13.4. The number of aryl methyl sites for hydroxylation is 1. The van der Waals surface area contributed by atoms with E-state index < -0.39 is 17.9 Å². The molecule has 41 heavy (non-hydrogen) atoms. The van der Waals surface area contributed by atoms with Crippen LogP contribution in [0.4, 0.5) is 10.5 Å². The number of rotatable bonds is 6. The van der Waals surface area contributed by atoms with Crippen LogP contribution in [0.15, 0.2) is 36.5 Å². The minimum absolute atomic E-state index is 0.0810. The normalized spacial score (nSPS) is 20.4. The highest BCUT2D eigenvalue weighted by Crippen LogP contribution is 2.45. The molecule has 4 heterocycles. The van der Waals surface area contributed by atoms with E-state index in [1.807, 2.05) is 41.2 Å². The second-order valence-corrected chi connectivity index (χ2v) is 12.0. The summed E-state index contributed by atoms with van der Waals surface area (Å²) in [6, 6.07) is 9.50. The fourth-order valence-electron chi connectivity index (χ4n) is 5.94. The predicted molar refractivity (Wildman–Crippen MR) is 154 cm³/mol. The van der Waals surface area contributed by atoms with Crippen LogP contribution in [0, 0.1) is 5.92 Å². The van der Waals surface area contributed by atoms with Crippen LogP contribution in [0.2, 0.25) is 0 Å². The lowest BCUT2D eigenvalue weighted by Gasteiger charge is -2.31. The summed E-state index contributed by atoms with van der Waals surface area (Å²) in [5.74, 6) is -1.21. The van der Waals surface area contributed by atoms with Crippen molar-refractivity contribution in [1.82, 2.24) is 14.7 Å². The van der Waals surface area contributed by atoms with Gasteiger partial charge < -0.3 is 25.4 Å². The van der Waals surface area contributed by atoms with Gasteiger partial charge in [-0.05, 0) is 62.5 Å². The molecule has 3 aromatic rings. The van der Waals surface area contributed by atoms with Gasteiger partial charge in [0.15, 0.2) is 0 Å². The number of thiophene rings is 1. The first kappa shape index (κ1) is 27.5. The van der Waals surface area contributed by atoms with Gasteiger partial charge in [-0.25, -0.2) is 9.48 Å². The van der Waals surface area contributed by atoms with Gasteiger partial charge >= 0.3 is 6.09 Å². The first-order chi connectivity index (χ1) is 20.0. The highest BCUT2D eigenvalue weighted by atomic mass is 32.1. The van der Waals surface area contributed by atoms with Crippen LogP contribution in [0.1, 0.15) is 71.2 Å². The summed E-state index contributed by atoms with van der Waals surface area (Å²) >= 11 is 1.32. The zero-order valence-corrected chi connectivity index (χ0v) is 23.8. The van der Waals surface area contributed by atoms with Crippen molar-refractivity contribution < 1.29 is 23.9 Å². The van der Waals surface area contributed by atoms with Crippen molar-refractivity contribution in [3.05, 3.63) is 58.2 Å². The van der Waals surface area contributed by atoms with E-state index in [0.717, 1.165) is 66.0 Å². The van der Waals surface area contributed by atoms with E-state index in [9.17, 15) is 14.4 Å². The Kier molecular flexibility index (Phi) is 8.06. The Morgan fingerprint density at radius 1 is 1.10 bits per heavy atom. The van der Waals surface area contributed by atoms with E-state index in [4.69, 9.17) is 20.3 Å². The summed E-state index contributed by atoms with van der Waals surface area (Å²) in [4.78, 5) is 41.7. The van der Waals surface area contributed by atoms with Crippen LogP contribution in [-0.4, -0.2) is 52.3 Å². The summed E-state index contributed by atoms with van der Waals surface area (Å²) in [5, 5.41) is 7.91. The fourth-order valence-corrected chi connectivity index (χ4v) is 7.12. The number of carbonyl (C=O) groups excluding carboxylic acids is 3. The Bertz CT molecular complexity index is 1430. The zero-order valence-electron chi connectivity index (χ0n) is 23.0. The lowest BCUT2D eigenvalue weighted by Crippen LogP contribution is -2.44. The van der Waals surface area contributed by atoms with Crippen molar-refractivity contribution in [3.8, 4) is 10.4 Å². The van der Waals surface area contributed by atoms with Crippen LogP contribution < -0.4 is 11.1 Å². The van der Waals surface area contributed by atoms with Gasteiger partial charge in [0.05, 0.1) is 17.3 Å². The number of nitrogens with zero attached hydrogens (tertiary/aromatic N) is 3. The number of likely N-dealkylation sites (tertiary alicyclic amines) is 1. The van der Waals surface area contributed by atoms with Crippen molar-refractivity contribution in [3.63, 3.8) is 0 Å². The third kappa shape index (κ3) is 5.87. The first-order valence-electron chi connectivity index (χ1n) is 14.4. The van der Waals surface area contributed by atoms with Gasteiger partial charge in [0.2, 0.25) is 5.91 Å². The van der Waals surface area contributed by atoms with Crippen molar-refractivity contribution in [2.75, 3.05) is 25.0 Å². The second-order valence-electron chi connectivity index (χ2n) is 10.9. The molecule has 2 atom stereocenters. The fraction of sp³-hybridized carbons (Fsp3) is 0.467. The molecule has 10 nitrogen and oxygen atoms in total. The predicted octanol–water partition coefficient (Wildman–Crippen LogP) is 4.89. The highest BCUT2D eigenvalue weighted by molar-refractivity contribution is 7.18. The monoisotopic (exact) mass is 577 g/mol. The van der Waals surface area contributed by atoms with Gasteiger partial charge in [-0.1, -0.05) is 30.3 Å². The van der Waals surface area contributed by atoms with E-state index in [-0.39, 0.29) is 25.3 Å². The molecule has 2 aromatic heterocycles. The molecule has 0 radical (unpaired) electrons. The van der Waals surface area contributed by atoms with Crippen LogP contribution in [0.25, 0.3) is 10.4 Å². The Morgan fingerprint density at radius 3 is 2.73 bits per heavy atom. The van der Waals surface area contributed by atoms with Gasteiger partial charge in [0, 0.05) is 36.3 Å². The quantitative estimate of drug-likeness (QED) is 0.430. The zero-order chi connectivity index (χ0) is 28.3. The van der Waals surface area contributed by atoms with E-state index in [1.54, 1.807) is 4.90 Å². The summed E-state index contributed by atoms with van der Waals surface area (Å²) in [6.07, 6.45) is 8.27. The molecule has 0 saturated carbocycles. The molecule has 216 valence electrons. The number of anilines is 1. The highest BCUT2D eigenvalue weighted by Gasteiger charge is 2.33. The summed E-state index contributed by atoms with van der Waals surface area (Å²) in [7, 11) is 0. The van der Waals surface area contributed by atoms with Crippen LogP contribution >= 0.6 is 11.3 Å². The molecule has 0 spiro atoms. The minimum Gasteiger partial charge on any atom is -0.445 e. The SMILES string of the molecule is NC(=O)c1sc2c(c1NC(=O)C1CCCN(C(=O)OCc3ccccc3)C1)CCCc1nn(C3CCCCO3)cc1-2. The number of fused-ring (bicyclic) bond motifs is 3. The van der Waals surface area contributed by atoms with Gasteiger partial charge in [0.25, 0.3) is 5.91 Å². The third-order valence-electron chi connectivity index (χ3n) is 8.08. The topological polar surface area (TPSA) is 129 Å². The number of piperidine rings is 1. The van der Waals surface area contributed by atoms with Gasteiger partial charge in [-0.2, -0.15) is 5.10 Å². The maximum Gasteiger partial charge on any atom is 0.410 e. The summed E-state index contributed by atoms with van der Waals surface area (Å²) in [5.41, 5.74) is 10.1. The van der Waals surface area contributed by atoms with Crippen molar-refractivity contribution in [1.29, 1.82) is 0 Å². The van der Waals surface area contributed by atoms with Crippen LogP contribution in [-0.2, 0) is 33.7 Å². The second kappa shape index (κ2) is 12.0. The van der Waals surface area contributed by atoms with Crippen molar-refractivity contribution in [2.45, 2.75) is 64.2 Å². The molecule has 3 amide bonds. The Hall–Kier alpha value is -3.70. The maximum atomic E-state index is 13.5. The van der Waals surface area contributed by atoms with E-state index in [1.165, 1.54) is 11.3 Å². The number of ether oxygens (including phenoxy) is 2. The van der Waals surface area contributed by atoms with Crippen molar-refractivity contribution in [2.24, 2.45) is 11.7 Å². The Balaban J connectivity index is 1.19. The molecule has 2 aliphatic heterocycles. The molecular weight excluding hydrogens is 542 g/mol. The number of nitrogens with one attached hydrogen (secondary N) is 1. The van der Waals surface area contributed by atoms with E-state index >= 15 is 0 Å². The molecule has 11 heteroatoms. The lowest BCUT2D eigenvalue weighted by molar-refractivity contribution is -0.121. The average molecular weight is 578 g/mol. The minimum atomic E-state index is -0.572. The summed E-state index contributed by atoms with van der Waals surface area (Å²) in [6.45, 7) is 1.71. The standard InChI is InChI=1S/C30H35N5O5S/c31-28(36)27-25(21-11-6-12-23-22(26(21)41-27)17-35(33-23)24-13-4-5-15-39-24)32-29(37)20-10-7-14-34(16-20)30(38)40-18-19-8-2-1-3-9-19/h1-3,8-9,17,20,24H,4-7,10-16,18H2,(H2,31,36)(H,32,37). The molecule has 2 saturated heterocycles. The average Bonchev–Trinajstić information content (AvgIpc) is 3.54. The van der Waals surface area contributed by atoms with Gasteiger partial charge in [-0.3, -0.25) is 9.59 Å². The molecule has 3 aliphatic rings. The van der Waals surface area contributed by atoms with Crippen LogP contribution in [0.3, 0.4) is 0 Å². The number of amides is 3.